The molecule has 0 aliphatic carbocycles. The molecule has 0 saturated heterocycles. The van der Waals surface area contributed by atoms with Crippen LogP contribution in [0.3, 0.4) is 0 Å². The number of rotatable bonds is 9. The SMILES string of the molecule is CC=N/C(=C\CC)Nc1cc(CCc2cc(NC(=O)c3cccc(C(F)(F)F)c3)ccc2C)[nH]n1. The van der Waals surface area contributed by atoms with Crippen LogP contribution in [0.25, 0.3) is 0 Å². The molecule has 0 bridgehead atoms. The fourth-order valence-electron chi connectivity index (χ4n) is 3.48. The highest BCUT2D eigenvalue weighted by molar-refractivity contribution is 6.04. The number of nitrogens with one attached hydrogen (secondary N) is 3. The molecule has 1 aromatic heterocycles. The molecule has 6 nitrogen and oxygen atoms in total. The minimum Gasteiger partial charge on any atom is -0.324 e. The number of hydrogen-bond donors (Lipinski definition) is 3. The first-order valence-electron chi connectivity index (χ1n) is 11.3. The molecule has 3 N–H and O–H groups in total. The summed E-state index contributed by atoms with van der Waals surface area (Å²) < 4.78 is 38.9. The number of aliphatic imine (C=N–C) groups is 1. The van der Waals surface area contributed by atoms with Crippen molar-refractivity contribution in [1.29, 1.82) is 0 Å². The summed E-state index contributed by atoms with van der Waals surface area (Å²) in [5.41, 5.74) is 2.60. The van der Waals surface area contributed by atoms with E-state index in [9.17, 15) is 18.0 Å². The second kappa shape index (κ2) is 11.5. The molecular formula is C26H28F3N5O. The molecule has 0 atom stereocenters. The summed E-state index contributed by atoms with van der Waals surface area (Å²) in [5.74, 6) is 0.804. The molecule has 3 rings (SSSR count). The number of aromatic nitrogens is 2. The van der Waals surface area contributed by atoms with Crippen molar-refractivity contribution in [2.24, 2.45) is 4.99 Å². The van der Waals surface area contributed by atoms with Gasteiger partial charge in [0.15, 0.2) is 5.82 Å². The molecular weight excluding hydrogens is 455 g/mol. The van der Waals surface area contributed by atoms with Gasteiger partial charge in [0.05, 0.1) is 5.56 Å². The van der Waals surface area contributed by atoms with Crippen LogP contribution >= 0.6 is 0 Å². The van der Waals surface area contributed by atoms with Crippen LogP contribution < -0.4 is 10.6 Å². The smallest absolute Gasteiger partial charge is 0.324 e. The summed E-state index contributed by atoms with van der Waals surface area (Å²) >= 11 is 0. The Balaban J connectivity index is 1.66. The van der Waals surface area contributed by atoms with Crippen molar-refractivity contribution in [3.63, 3.8) is 0 Å². The third-order valence-corrected chi connectivity index (χ3v) is 5.28. The van der Waals surface area contributed by atoms with Crippen molar-refractivity contribution in [1.82, 2.24) is 10.2 Å². The lowest BCUT2D eigenvalue weighted by Gasteiger charge is -2.11. The van der Waals surface area contributed by atoms with E-state index >= 15 is 0 Å². The average molecular weight is 484 g/mol. The Morgan fingerprint density at radius 2 is 1.91 bits per heavy atom. The standard InChI is InChI=1S/C26H28F3N5O/c1-4-7-23(30-5-2)32-24-16-22(33-34-24)13-11-18-15-21(12-10-17(18)3)31-25(35)19-8-6-9-20(14-19)26(27,28)29/h5-10,12,14-16H,4,11,13H2,1-3H3,(H,31,35)(H2,32,33,34)/b23-7+,30-5?. The molecule has 35 heavy (non-hydrogen) atoms. The molecule has 184 valence electrons. The molecule has 1 amide bonds. The summed E-state index contributed by atoms with van der Waals surface area (Å²) in [6.07, 6.45) is 1.39. The minimum atomic E-state index is -4.51. The van der Waals surface area contributed by atoms with Gasteiger partial charge in [0, 0.05) is 29.2 Å². The van der Waals surface area contributed by atoms with E-state index in [0.29, 0.717) is 24.3 Å². The van der Waals surface area contributed by atoms with Crippen LogP contribution in [0.4, 0.5) is 24.7 Å². The lowest BCUT2D eigenvalue weighted by atomic mass is 10.0. The highest BCUT2D eigenvalue weighted by Crippen LogP contribution is 2.29. The van der Waals surface area contributed by atoms with Crippen LogP contribution in [-0.4, -0.2) is 22.3 Å². The first kappa shape index (κ1) is 25.7. The molecule has 1 heterocycles. The second-order valence-electron chi connectivity index (χ2n) is 7.96. The Labute approximate surface area is 202 Å². The lowest BCUT2D eigenvalue weighted by molar-refractivity contribution is -0.137. The number of benzene rings is 2. The predicted octanol–water partition coefficient (Wildman–Crippen LogP) is 6.53. The number of halogens is 3. The molecule has 2 aromatic carbocycles. The molecule has 9 heteroatoms. The molecule has 0 spiro atoms. The number of amides is 1. The fraction of sp³-hybridized carbons (Fsp3) is 0.269. The van der Waals surface area contributed by atoms with Crippen LogP contribution in [0.15, 0.2) is 65.4 Å². The summed E-state index contributed by atoms with van der Waals surface area (Å²) in [6.45, 7) is 5.85. The molecule has 3 aromatic rings. The molecule has 0 unspecified atom stereocenters. The first-order chi connectivity index (χ1) is 16.7. The number of carbonyl (C=O) groups excluding carboxylic acids is 1. The highest BCUT2D eigenvalue weighted by Gasteiger charge is 2.30. The summed E-state index contributed by atoms with van der Waals surface area (Å²) in [4.78, 5) is 16.8. The van der Waals surface area contributed by atoms with Crippen molar-refractivity contribution >= 4 is 23.6 Å². The van der Waals surface area contributed by atoms with Crippen LogP contribution in [0.5, 0.6) is 0 Å². The quantitative estimate of drug-likeness (QED) is 0.303. The fourth-order valence-corrected chi connectivity index (χ4v) is 3.48. The van der Waals surface area contributed by atoms with Crippen molar-refractivity contribution in [2.75, 3.05) is 10.6 Å². The number of nitrogens with zero attached hydrogens (tertiary/aromatic N) is 2. The van der Waals surface area contributed by atoms with Gasteiger partial charge in [0.25, 0.3) is 5.91 Å². The largest absolute Gasteiger partial charge is 0.416 e. The molecule has 0 saturated carbocycles. The zero-order valence-electron chi connectivity index (χ0n) is 19.8. The Bertz CT molecular complexity index is 1230. The van der Waals surface area contributed by atoms with Crippen molar-refractivity contribution in [3.05, 3.63) is 88.4 Å². The third-order valence-electron chi connectivity index (χ3n) is 5.28. The predicted molar refractivity (Wildman–Crippen MR) is 133 cm³/mol. The zero-order chi connectivity index (χ0) is 25.4. The Hall–Kier alpha value is -3.88. The van der Waals surface area contributed by atoms with Crippen LogP contribution in [-0.2, 0) is 19.0 Å². The Morgan fingerprint density at radius 3 is 2.63 bits per heavy atom. The van der Waals surface area contributed by atoms with Crippen LogP contribution in [0.1, 0.15) is 53.0 Å². The van der Waals surface area contributed by atoms with E-state index in [1.165, 1.54) is 12.1 Å². The van der Waals surface area contributed by atoms with E-state index in [2.05, 4.69) is 25.8 Å². The summed E-state index contributed by atoms with van der Waals surface area (Å²) in [5, 5.41) is 13.2. The monoisotopic (exact) mass is 483 g/mol. The van der Waals surface area contributed by atoms with Crippen LogP contribution in [0, 0.1) is 6.92 Å². The van der Waals surface area contributed by atoms with E-state index in [1.54, 1.807) is 12.3 Å². The maximum atomic E-state index is 13.0. The van der Waals surface area contributed by atoms with E-state index in [0.717, 1.165) is 41.2 Å². The second-order valence-corrected chi connectivity index (χ2v) is 7.96. The zero-order valence-corrected chi connectivity index (χ0v) is 19.8. The number of H-pyrrole nitrogens is 1. The van der Waals surface area contributed by atoms with Crippen molar-refractivity contribution < 1.29 is 18.0 Å². The van der Waals surface area contributed by atoms with Gasteiger partial charge in [-0.05, 0) is 80.6 Å². The van der Waals surface area contributed by atoms with Gasteiger partial charge in [0.1, 0.15) is 5.82 Å². The molecule has 0 fully saturated rings. The topological polar surface area (TPSA) is 82.2 Å². The highest BCUT2D eigenvalue weighted by atomic mass is 19.4. The Morgan fingerprint density at radius 1 is 1.11 bits per heavy atom. The number of aromatic amines is 1. The maximum Gasteiger partial charge on any atom is 0.416 e. The van der Waals surface area contributed by atoms with Gasteiger partial charge in [-0.2, -0.15) is 18.3 Å². The van der Waals surface area contributed by atoms with E-state index in [4.69, 9.17) is 0 Å². The van der Waals surface area contributed by atoms with Crippen molar-refractivity contribution in [3.8, 4) is 0 Å². The van der Waals surface area contributed by atoms with Crippen LogP contribution in [0.2, 0.25) is 0 Å². The number of allylic oxidation sites excluding steroid dienone is 1. The molecule has 0 aliphatic rings. The number of anilines is 2. The van der Waals surface area contributed by atoms with Gasteiger partial charge in [-0.25, -0.2) is 4.99 Å². The van der Waals surface area contributed by atoms with Gasteiger partial charge in [0.2, 0.25) is 0 Å². The van der Waals surface area contributed by atoms with E-state index < -0.39 is 17.6 Å². The maximum absolute atomic E-state index is 13.0. The number of hydrogen-bond acceptors (Lipinski definition) is 4. The molecule has 0 radical (unpaired) electrons. The van der Waals surface area contributed by atoms with Crippen molar-refractivity contribution in [2.45, 2.75) is 46.2 Å². The first-order valence-corrected chi connectivity index (χ1v) is 11.3. The minimum absolute atomic E-state index is 0.0525. The third kappa shape index (κ3) is 7.30. The van der Waals surface area contributed by atoms with Gasteiger partial charge in [-0.15, -0.1) is 0 Å². The number of alkyl halides is 3. The Kier molecular flexibility index (Phi) is 8.46. The van der Waals surface area contributed by atoms with Gasteiger partial charge < -0.3 is 10.6 Å². The summed E-state index contributed by atoms with van der Waals surface area (Å²) in [6, 6.07) is 11.7. The van der Waals surface area contributed by atoms with Gasteiger partial charge in [-0.3, -0.25) is 9.89 Å². The van der Waals surface area contributed by atoms with Gasteiger partial charge >= 0.3 is 6.18 Å². The van der Waals surface area contributed by atoms with Gasteiger partial charge in [-0.1, -0.05) is 19.1 Å². The average Bonchev–Trinajstić information content (AvgIpc) is 3.26. The van der Waals surface area contributed by atoms with E-state index in [-0.39, 0.29) is 5.56 Å². The molecule has 0 aliphatic heterocycles. The summed E-state index contributed by atoms with van der Waals surface area (Å²) in [7, 11) is 0. The lowest BCUT2D eigenvalue weighted by Crippen LogP contribution is -2.14. The van der Waals surface area contributed by atoms with E-state index in [1.807, 2.05) is 45.0 Å². The number of carbonyl (C=O) groups is 1. The number of aryl methyl sites for hydroxylation is 3. The normalized spacial score (nSPS) is 12.2.